The van der Waals surface area contributed by atoms with Gasteiger partial charge in [-0.1, -0.05) is 86.5 Å². The predicted molar refractivity (Wildman–Crippen MR) is 170 cm³/mol. The van der Waals surface area contributed by atoms with Crippen molar-refractivity contribution in [1.29, 1.82) is 0 Å². The van der Waals surface area contributed by atoms with Gasteiger partial charge in [-0.3, -0.25) is 9.69 Å². The molecule has 40 heavy (non-hydrogen) atoms. The number of ether oxygens (including phenoxy) is 1. The minimum Gasteiger partial charge on any atom is -0.488 e. The Morgan fingerprint density at radius 2 is 1.75 bits per heavy atom. The largest absolute Gasteiger partial charge is 0.488 e. The number of para-hydroxylation sites is 1. The van der Waals surface area contributed by atoms with Crippen LogP contribution in [0.4, 0.5) is 5.69 Å². The molecular formula is C34H31BrN2O2S. The number of thioether (sulfide) groups is 1. The number of rotatable bonds is 6. The van der Waals surface area contributed by atoms with E-state index in [-0.39, 0.29) is 11.9 Å². The second kappa shape index (κ2) is 12.0. The molecule has 4 aromatic rings. The monoisotopic (exact) mass is 610 g/mol. The lowest BCUT2D eigenvalue weighted by atomic mass is 9.85. The lowest BCUT2D eigenvalue weighted by molar-refractivity contribution is -0.124. The Kier molecular flexibility index (Phi) is 8.08. The van der Waals surface area contributed by atoms with Crippen LogP contribution in [0, 0.1) is 5.92 Å². The molecule has 202 valence electrons. The van der Waals surface area contributed by atoms with Crippen LogP contribution in [0.2, 0.25) is 0 Å². The van der Waals surface area contributed by atoms with E-state index in [1.165, 1.54) is 29.0 Å². The molecule has 0 spiro atoms. The van der Waals surface area contributed by atoms with Gasteiger partial charge in [0.2, 0.25) is 0 Å². The van der Waals surface area contributed by atoms with Crippen LogP contribution in [-0.4, -0.2) is 22.0 Å². The zero-order valence-electron chi connectivity index (χ0n) is 22.4. The number of benzene rings is 4. The summed E-state index contributed by atoms with van der Waals surface area (Å²) in [6, 6.07) is 30.7. The van der Waals surface area contributed by atoms with E-state index in [1.54, 1.807) is 0 Å². The van der Waals surface area contributed by atoms with Crippen LogP contribution in [0.1, 0.15) is 43.7 Å². The van der Waals surface area contributed by atoms with Crippen LogP contribution < -0.4 is 4.74 Å². The lowest BCUT2D eigenvalue weighted by Gasteiger charge is -2.35. The minimum atomic E-state index is 0.0471. The molecule has 0 aromatic heterocycles. The quantitative estimate of drug-likeness (QED) is 0.204. The molecule has 6 heteroatoms. The third kappa shape index (κ3) is 5.74. The molecule has 1 saturated heterocycles. The van der Waals surface area contributed by atoms with E-state index in [0.717, 1.165) is 51.5 Å². The van der Waals surface area contributed by atoms with E-state index in [9.17, 15) is 4.79 Å². The van der Waals surface area contributed by atoms with E-state index in [2.05, 4.69) is 65.3 Å². The number of halogens is 1. The van der Waals surface area contributed by atoms with Crippen molar-refractivity contribution in [3.63, 3.8) is 0 Å². The van der Waals surface area contributed by atoms with Gasteiger partial charge in [-0.05, 0) is 98.7 Å². The number of aliphatic imine (C=N–C) groups is 1. The zero-order chi connectivity index (χ0) is 27.5. The number of fused-ring (bicyclic) bond motifs is 1. The van der Waals surface area contributed by atoms with E-state index < -0.39 is 0 Å². The highest BCUT2D eigenvalue weighted by Crippen LogP contribution is 2.40. The molecule has 2 aliphatic rings. The smallest absolute Gasteiger partial charge is 0.267 e. The molecule has 0 unspecified atom stereocenters. The average molecular weight is 612 g/mol. The number of nitrogens with zero attached hydrogens (tertiary/aromatic N) is 2. The second-order valence-electron chi connectivity index (χ2n) is 10.5. The molecule has 6 rings (SSSR count). The van der Waals surface area contributed by atoms with Gasteiger partial charge in [0.05, 0.1) is 15.1 Å². The van der Waals surface area contributed by atoms with Crippen molar-refractivity contribution < 1.29 is 9.53 Å². The molecule has 0 radical (unpaired) electrons. The Hall–Kier alpha value is -3.35. The Balaban J connectivity index is 1.24. The van der Waals surface area contributed by atoms with E-state index in [1.807, 2.05) is 59.5 Å². The molecule has 0 bridgehead atoms. The van der Waals surface area contributed by atoms with Crippen molar-refractivity contribution in [2.24, 2.45) is 10.9 Å². The summed E-state index contributed by atoms with van der Waals surface area (Å²) in [6.45, 7) is 2.74. The normalized spacial score (nSPS) is 21.4. The van der Waals surface area contributed by atoms with Crippen LogP contribution in [0.15, 0.2) is 105 Å². The minimum absolute atomic E-state index is 0.0471. The highest BCUT2D eigenvalue weighted by Gasteiger charge is 2.41. The maximum absolute atomic E-state index is 13.8. The third-order valence-corrected chi connectivity index (χ3v) is 9.34. The van der Waals surface area contributed by atoms with Crippen molar-refractivity contribution in [2.45, 2.75) is 45.3 Å². The number of carbonyl (C=O) groups is 1. The summed E-state index contributed by atoms with van der Waals surface area (Å²) in [5.74, 6) is 1.27. The van der Waals surface area contributed by atoms with Crippen LogP contribution in [-0.2, 0) is 11.4 Å². The fraction of sp³-hybridized carbons (Fsp3) is 0.235. The standard InChI is InChI=1S/C34H31BrN2O2S/c1-23-10-5-8-17-30(23)37-33(38)32(40-34(37)36-27-14-3-2-4-15-27)21-24-18-19-31(29(35)20-24)39-22-26-13-9-12-25-11-6-7-16-28(25)26/h2-4,6-7,9,11-16,18-21,23,30H,5,8,10,17,22H2,1H3/b32-21-,36-34?/t23-,30+/m1/s1. The summed E-state index contributed by atoms with van der Waals surface area (Å²) in [6.07, 6.45) is 6.50. The molecule has 1 aliphatic carbocycles. The summed E-state index contributed by atoms with van der Waals surface area (Å²) in [7, 11) is 0. The Labute approximate surface area is 248 Å². The molecule has 4 nitrogen and oxygen atoms in total. The Morgan fingerprint density at radius 3 is 2.58 bits per heavy atom. The molecule has 1 saturated carbocycles. The van der Waals surface area contributed by atoms with Crippen molar-refractivity contribution in [3.8, 4) is 5.75 Å². The summed E-state index contributed by atoms with van der Waals surface area (Å²) in [4.78, 5) is 21.4. The van der Waals surface area contributed by atoms with Crippen molar-refractivity contribution in [3.05, 3.63) is 112 Å². The summed E-state index contributed by atoms with van der Waals surface area (Å²) in [5, 5.41) is 3.18. The van der Waals surface area contributed by atoms with Gasteiger partial charge in [-0.25, -0.2) is 4.99 Å². The molecule has 2 atom stereocenters. The van der Waals surface area contributed by atoms with Crippen molar-refractivity contribution in [2.75, 3.05) is 0 Å². The first kappa shape index (κ1) is 26.9. The average Bonchev–Trinajstić information content (AvgIpc) is 3.27. The first-order chi connectivity index (χ1) is 19.6. The van der Waals surface area contributed by atoms with Crippen LogP contribution in [0.5, 0.6) is 5.75 Å². The first-order valence-corrected chi connectivity index (χ1v) is 15.4. The highest BCUT2D eigenvalue weighted by molar-refractivity contribution is 9.10. The molecular weight excluding hydrogens is 580 g/mol. The first-order valence-electron chi connectivity index (χ1n) is 13.8. The fourth-order valence-corrected chi connectivity index (χ4v) is 7.16. The van der Waals surface area contributed by atoms with E-state index in [0.29, 0.717) is 17.4 Å². The van der Waals surface area contributed by atoms with E-state index >= 15 is 0 Å². The maximum Gasteiger partial charge on any atom is 0.267 e. The van der Waals surface area contributed by atoms with Gasteiger partial charge in [-0.2, -0.15) is 0 Å². The van der Waals surface area contributed by atoms with Gasteiger partial charge in [0, 0.05) is 6.04 Å². The lowest BCUT2D eigenvalue weighted by Crippen LogP contribution is -2.44. The molecule has 0 N–H and O–H groups in total. The molecule has 1 aliphatic heterocycles. The SMILES string of the molecule is C[C@@H]1CCCC[C@@H]1N1C(=O)/C(=C/c2ccc(OCc3cccc4ccccc34)c(Br)c2)SC1=Nc1ccccc1. The number of amidine groups is 1. The number of carbonyl (C=O) groups excluding carboxylic acids is 1. The van der Waals surface area contributed by atoms with E-state index in [4.69, 9.17) is 9.73 Å². The predicted octanol–water partition coefficient (Wildman–Crippen LogP) is 9.36. The highest BCUT2D eigenvalue weighted by atomic mass is 79.9. The summed E-state index contributed by atoms with van der Waals surface area (Å²) >= 11 is 5.17. The third-order valence-electron chi connectivity index (χ3n) is 7.73. The van der Waals surface area contributed by atoms with Crippen molar-refractivity contribution >= 4 is 61.3 Å². The molecule has 4 aromatic carbocycles. The fourth-order valence-electron chi connectivity index (χ4n) is 5.60. The zero-order valence-corrected chi connectivity index (χ0v) is 24.8. The maximum atomic E-state index is 13.8. The Morgan fingerprint density at radius 1 is 0.975 bits per heavy atom. The topological polar surface area (TPSA) is 41.9 Å². The number of hydrogen-bond acceptors (Lipinski definition) is 4. The van der Waals surface area contributed by atoms with Crippen molar-refractivity contribution in [1.82, 2.24) is 4.90 Å². The second-order valence-corrected chi connectivity index (χ2v) is 12.3. The van der Waals surface area contributed by atoms with Gasteiger partial charge in [0.25, 0.3) is 5.91 Å². The van der Waals surface area contributed by atoms with Gasteiger partial charge in [0.1, 0.15) is 12.4 Å². The number of hydrogen-bond donors (Lipinski definition) is 0. The van der Waals surface area contributed by atoms with Gasteiger partial charge in [-0.15, -0.1) is 0 Å². The molecule has 1 amide bonds. The summed E-state index contributed by atoms with van der Waals surface area (Å²) < 4.78 is 7.06. The van der Waals surface area contributed by atoms with Gasteiger partial charge in [0.15, 0.2) is 5.17 Å². The summed E-state index contributed by atoms with van der Waals surface area (Å²) in [5.41, 5.74) is 2.95. The molecule has 1 heterocycles. The molecule has 2 fully saturated rings. The van der Waals surface area contributed by atoms with Crippen LogP contribution >= 0.6 is 27.7 Å². The van der Waals surface area contributed by atoms with Crippen LogP contribution in [0.25, 0.3) is 16.8 Å². The number of amides is 1. The van der Waals surface area contributed by atoms with Gasteiger partial charge < -0.3 is 4.74 Å². The van der Waals surface area contributed by atoms with Crippen LogP contribution in [0.3, 0.4) is 0 Å². The Bertz CT molecular complexity index is 1600. The van der Waals surface area contributed by atoms with Gasteiger partial charge >= 0.3 is 0 Å².